The maximum Gasteiger partial charge on any atom is 0.0230 e. The fourth-order valence-electron chi connectivity index (χ4n) is 1.80. The van der Waals surface area contributed by atoms with E-state index in [1.54, 1.807) is 0 Å². The van der Waals surface area contributed by atoms with Gasteiger partial charge in [0.15, 0.2) is 0 Å². The highest BCUT2D eigenvalue weighted by atomic mass is 15.0. The molecular formula is C15H26N2. The molecule has 1 N–H and O–H groups in total. The average Bonchev–Trinajstić information content (AvgIpc) is 2.18. The molecule has 2 heteroatoms. The predicted molar refractivity (Wildman–Crippen MR) is 75.0 cm³/mol. The van der Waals surface area contributed by atoms with E-state index >= 15 is 0 Å². The summed E-state index contributed by atoms with van der Waals surface area (Å²) in [7, 11) is 4.22. The molecule has 0 aliphatic carbocycles. The molecule has 0 amide bonds. The van der Waals surface area contributed by atoms with E-state index in [1.165, 1.54) is 11.1 Å². The Hall–Kier alpha value is -0.860. The van der Waals surface area contributed by atoms with Gasteiger partial charge in [-0.15, -0.1) is 0 Å². The molecule has 0 aliphatic heterocycles. The Balaban J connectivity index is 2.58. The third-order valence-corrected chi connectivity index (χ3v) is 2.58. The van der Waals surface area contributed by atoms with E-state index in [-0.39, 0.29) is 0 Å². The normalized spacial score (nSPS) is 12.1. The molecule has 17 heavy (non-hydrogen) atoms. The molecule has 0 saturated heterocycles. The molecule has 0 unspecified atom stereocenters. The van der Waals surface area contributed by atoms with Gasteiger partial charge in [-0.25, -0.2) is 0 Å². The first-order valence-corrected chi connectivity index (χ1v) is 6.31. The van der Waals surface area contributed by atoms with Crippen LogP contribution in [-0.4, -0.2) is 25.5 Å². The van der Waals surface area contributed by atoms with Crippen molar-refractivity contribution >= 4 is 0 Å². The largest absolute Gasteiger partial charge is 0.312 e. The third kappa shape index (κ3) is 5.85. The van der Waals surface area contributed by atoms with E-state index < -0.39 is 0 Å². The summed E-state index contributed by atoms with van der Waals surface area (Å²) in [4.78, 5) is 2.21. The van der Waals surface area contributed by atoms with Gasteiger partial charge in [-0.1, -0.05) is 45.0 Å². The van der Waals surface area contributed by atoms with Crippen molar-refractivity contribution in [3.63, 3.8) is 0 Å². The van der Waals surface area contributed by atoms with Gasteiger partial charge in [-0.3, -0.25) is 0 Å². The van der Waals surface area contributed by atoms with Gasteiger partial charge < -0.3 is 10.2 Å². The topological polar surface area (TPSA) is 15.3 Å². The lowest BCUT2D eigenvalue weighted by Crippen LogP contribution is -2.27. The SMILES string of the molecule is CN(C)Cc1ccccc1CNCC(C)(C)C. The van der Waals surface area contributed by atoms with Gasteiger partial charge >= 0.3 is 0 Å². The molecule has 0 radical (unpaired) electrons. The summed E-state index contributed by atoms with van der Waals surface area (Å²) < 4.78 is 0. The van der Waals surface area contributed by atoms with Crippen LogP contribution >= 0.6 is 0 Å². The van der Waals surface area contributed by atoms with E-state index in [4.69, 9.17) is 0 Å². The minimum atomic E-state index is 0.344. The molecule has 0 atom stereocenters. The monoisotopic (exact) mass is 234 g/mol. The molecule has 0 aliphatic rings. The van der Waals surface area contributed by atoms with E-state index in [9.17, 15) is 0 Å². The summed E-state index contributed by atoms with van der Waals surface area (Å²) >= 11 is 0. The number of hydrogen-bond donors (Lipinski definition) is 1. The van der Waals surface area contributed by atoms with Crippen LogP contribution < -0.4 is 5.32 Å². The highest BCUT2D eigenvalue weighted by Crippen LogP contribution is 2.13. The van der Waals surface area contributed by atoms with Gasteiger partial charge in [0, 0.05) is 19.6 Å². The van der Waals surface area contributed by atoms with E-state index in [1.807, 2.05) is 0 Å². The Bertz CT molecular complexity index is 337. The van der Waals surface area contributed by atoms with Crippen molar-refractivity contribution < 1.29 is 0 Å². The number of nitrogens with zero attached hydrogens (tertiary/aromatic N) is 1. The van der Waals surface area contributed by atoms with E-state index in [2.05, 4.69) is 69.3 Å². The molecule has 0 aromatic heterocycles. The summed E-state index contributed by atoms with van der Waals surface area (Å²) in [5.74, 6) is 0. The molecule has 96 valence electrons. The lowest BCUT2D eigenvalue weighted by atomic mass is 9.97. The van der Waals surface area contributed by atoms with Crippen molar-refractivity contribution in [3.05, 3.63) is 35.4 Å². The fourth-order valence-corrected chi connectivity index (χ4v) is 1.80. The Kier molecular flexibility index (Phi) is 5.16. The smallest absolute Gasteiger partial charge is 0.0230 e. The number of benzene rings is 1. The molecule has 0 fully saturated rings. The highest BCUT2D eigenvalue weighted by Gasteiger charge is 2.09. The lowest BCUT2D eigenvalue weighted by molar-refractivity contribution is 0.376. The number of rotatable bonds is 5. The van der Waals surface area contributed by atoms with Crippen LogP contribution in [-0.2, 0) is 13.1 Å². The summed E-state index contributed by atoms with van der Waals surface area (Å²) in [6.07, 6.45) is 0. The van der Waals surface area contributed by atoms with Gasteiger partial charge in [0.25, 0.3) is 0 Å². The van der Waals surface area contributed by atoms with Crippen LogP contribution in [0.4, 0.5) is 0 Å². The second kappa shape index (κ2) is 6.18. The van der Waals surface area contributed by atoms with Crippen molar-refractivity contribution in [1.82, 2.24) is 10.2 Å². The third-order valence-electron chi connectivity index (χ3n) is 2.58. The first-order chi connectivity index (χ1) is 7.88. The zero-order valence-electron chi connectivity index (χ0n) is 11.9. The maximum absolute atomic E-state index is 3.54. The van der Waals surface area contributed by atoms with E-state index in [0.717, 1.165) is 19.6 Å². The molecular weight excluding hydrogens is 208 g/mol. The minimum Gasteiger partial charge on any atom is -0.312 e. The quantitative estimate of drug-likeness (QED) is 0.843. The Labute approximate surface area is 106 Å². The van der Waals surface area contributed by atoms with Crippen LogP contribution in [0.2, 0.25) is 0 Å². The molecule has 0 saturated carbocycles. The molecule has 0 bridgehead atoms. The first kappa shape index (κ1) is 14.2. The molecule has 0 spiro atoms. The summed E-state index contributed by atoms with van der Waals surface area (Å²) in [5.41, 5.74) is 3.17. The first-order valence-electron chi connectivity index (χ1n) is 6.31. The van der Waals surface area contributed by atoms with E-state index in [0.29, 0.717) is 5.41 Å². The van der Waals surface area contributed by atoms with Crippen LogP contribution in [0.1, 0.15) is 31.9 Å². The fraction of sp³-hybridized carbons (Fsp3) is 0.600. The van der Waals surface area contributed by atoms with Gasteiger partial charge in [0.2, 0.25) is 0 Å². The Morgan fingerprint density at radius 1 is 1.06 bits per heavy atom. The molecule has 2 nitrogen and oxygen atoms in total. The zero-order valence-corrected chi connectivity index (χ0v) is 11.9. The lowest BCUT2D eigenvalue weighted by Gasteiger charge is -2.20. The maximum atomic E-state index is 3.54. The second-order valence-electron chi connectivity index (χ2n) is 6.17. The summed E-state index contributed by atoms with van der Waals surface area (Å²) in [5, 5.41) is 3.54. The van der Waals surface area contributed by atoms with Crippen molar-refractivity contribution in [2.45, 2.75) is 33.9 Å². The van der Waals surface area contributed by atoms with Crippen molar-refractivity contribution in [1.29, 1.82) is 0 Å². The number of nitrogens with one attached hydrogen (secondary N) is 1. The summed E-state index contributed by atoms with van der Waals surface area (Å²) in [6, 6.07) is 8.67. The van der Waals surface area contributed by atoms with Crippen molar-refractivity contribution in [2.24, 2.45) is 5.41 Å². The number of hydrogen-bond acceptors (Lipinski definition) is 2. The average molecular weight is 234 g/mol. The standard InChI is InChI=1S/C15H26N2/c1-15(2,3)12-16-10-13-8-6-7-9-14(13)11-17(4)5/h6-9,16H,10-12H2,1-5H3. The van der Waals surface area contributed by atoms with Gasteiger partial charge in [-0.2, -0.15) is 0 Å². The molecule has 1 aromatic carbocycles. The zero-order chi connectivity index (χ0) is 12.9. The highest BCUT2D eigenvalue weighted by molar-refractivity contribution is 5.26. The molecule has 1 aromatic rings. The van der Waals surface area contributed by atoms with Gasteiger partial charge in [-0.05, 0) is 30.6 Å². The van der Waals surface area contributed by atoms with Crippen molar-refractivity contribution in [3.8, 4) is 0 Å². The minimum absolute atomic E-state index is 0.344. The van der Waals surface area contributed by atoms with Crippen molar-refractivity contribution in [2.75, 3.05) is 20.6 Å². The summed E-state index contributed by atoms with van der Waals surface area (Å²) in [6.45, 7) is 9.78. The van der Waals surface area contributed by atoms with Crippen LogP contribution in [0, 0.1) is 5.41 Å². The predicted octanol–water partition coefficient (Wildman–Crippen LogP) is 2.88. The van der Waals surface area contributed by atoms with Crippen LogP contribution in [0.15, 0.2) is 24.3 Å². The second-order valence-corrected chi connectivity index (χ2v) is 6.17. The van der Waals surface area contributed by atoms with Crippen LogP contribution in [0.3, 0.4) is 0 Å². The van der Waals surface area contributed by atoms with Crippen LogP contribution in [0.5, 0.6) is 0 Å². The van der Waals surface area contributed by atoms with Gasteiger partial charge in [0.05, 0.1) is 0 Å². The van der Waals surface area contributed by atoms with Gasteiger partial charge in [0.1, 0.15) is 0 Å². The Morgan fingerprint density at radius 3 is 2.18 bits per heavy atom. The van der Waals surface area contributed by atoms with Crippen LogP contribution in [0.25, 0.3) is 0 Å². The Morgan fingerprint density at radius 2 is 1.65 bits per heavy atom. The molecule has 1 rings (SSSR count). The molecule has 0 heterocycles.